The van der Waals surface area contributed by atoms with Crippen LogP contribution in [0, 0.1) is 29.6 Å². The van der Waals surface area contributed by atoms with E-state index in [-0.39, 0.29) is 29.6 Å². The van der Waals surface area contributed by atoms with Crippen LogP contribution in [0.1, 0.15) is 33.1 Å². The third-order valence-electron chi connectivity index (χ3n) is 5.16. The molecular weight excluding hydrogens is 244 g/mol. The van der Waals surface area contributed by atoms with Crippen molar-refractivity contribution in [3.05, 3.63) is 0 Å². The molecule has 3 fully saturated rings. The van der Waals surface area contributed by atoms with Gasteiger partial charge in [-0.25, -0.2) is 0 Å². The van der Waals surface area contributed by atoms with Gasteiger partial charge in [0, 0.05) is 0 Å². The Morgan fingerprint density at radius 1 is 1.16 bits per heavy atom. The zero-order valence-electron chi connectivity index (χ0n) is 11.3. The van der Waals surface area contributed by atoms with Crippen LogP contribution < -0.4 is 5.73 Å². The molecule has 5 atom stereocenters. The summed E-state index contributed by atoms with van der Waals surface area (Å²) >= 11 is 0. The Labute approximate surface area is 112 Å². The van der Waals surface area contributed by atoms with E-state index >= 15 is 0 Å². The Morgan fingerprint density at radius 3 is 2.00 bits per heavy atom. The van der Waals surface area contributed by atoms with Crippen LogP contribution in [0.3, 0.4) is 0 Å². The number of imide groups is 1. The molecule has 2 bridgehead atoms. The fraction of sp³-hybridized carbons (Fsp3) is 0.786. The molecule has 104 valence electrons. The lowest BCUT2D eigenvalue weighted by atomic mass is 9.81. The van der Waals surface area contributed by atoms with E-state index < -0.39 is 11.9 Å². The molecule has 1 heterocycles. The summed E-state index contributed by atoms with van der Waals surface area (Å²) in [6.45, 7) is 3.64. The van der Waals surface area contributed by atoms with Crippen LogP contribution in [-0.2, 0) is 14.4 Å². The topological polar surface area (TPSA) is 80.5 Å². The van der Waals surface area contributed by atoms with Gasteiger partial charge in [-0.1, -0.05) is 13.8 Å². The van der Waals surface area contributed by atoms with Crippen molar-refractivity contribution in [2.75, 3.05) is 0 Å². The second-order valence-corrected chi connectivity index (χ2v) is 6.52. The van der Waals surface area contributed by atoms with Gasteiger partial charge in [-0.15, -0.1) is 0 Å². The largest absolute Gasteiger partial charge is 0.368 e. The maximum Gasteiger partial charge on any atom is 0.240 e. The number of carbonyl (C=O) groups is 3. The standard InChI is InChI=1S/C14H20N2O3/c1-6(2)11(12(15)17)16-13(18)9-7-3-4-8(5-7)10(9)14(16)19/h6-11H,3-5H2,1-2H3,(H2,15,17)/t7-,8+,9-,10+,11-/m0/s1. The molecule has 0 spiro atoms. The quantitative estimate of drug-likeness (QED) is 0.755. The van der Waals surface area contributed by atoms with E-state index in [0.717, 1.165) is 19.3 Å². The van der Waals surface area contributed by atoms with Gasteiger partial charge in [-0.05, 0) is 37.0 Å². The molecule has 3 rings (SSSR count). The van der Waals surface area contributed by atoms with E-state index in [1.165, 1.54) is 4.90 Å². The number of rotatable bonds is 3. The van der Waals surface area contributed by atoms with Crippen molar-refractivity contribution in [1.82, 2.24) is 4.90 Å². The maximum atomic E-state index is 12.5. The number of fused-ring (bicyclic) bond motifs is 5. The summed E-state index contributed by atoms with van der Waals surface area (Å²) in [7, 11) is 0. The van der Waals surface area contributed by atoms with Gasteiger partial charge in [0.25, 0.3) is 0 Å². The first kappa shape index (κ1) is 12.6. The van der Waals surface area contributed by atoms with Crippen LogP contribution in [0.15, 0.2) is 0 Å². The van der Waals surface area contributed by atoms with Gasteiger partial charge < -0.3 is 5.73 Å². The van der Waals surface area contributed by atoms with Crippen LogP contribution >= 0.6 is 0 Å². The summed E-state index contributed by atoms with van der Waals surface area (Å²) in [5, 5.41) is 0. The predicted molar refractivity (Wildman–Crippen MR) is 67.5 cm³/mol. The number of hydrogen-bond acceptors (Lipinski definition) is 3. The molecular formula is C14H20N2O3. The summed E-state index contributed by atoms with van der Waals surface area (Å²) in [6.07, 6.45) is 3.09. The van der Waals surface area contributed by atoms with E-state index in [1.807, 2.05) is 13.8 Å². The Balaban J connectivity index is 1.94. The zero-order chi connectivity index (χ0) is 13.9. The third kappa shape index (κ3) is 1.56. The molecule has 1 saturated heterocycles. The number of carbonyl (C=O) groups excluding carboxylic acids is 3. The summed E-state index contributed by atoms with van der Waals surface area (Å²) in [6, 6.07) is -0.787. The molecule has 1 aliphatic heterocycles. The average molecular weight is 264 g/mol. The lowest BCUT2D eigenvalue weighted by Crippen LogP contribution is -2.51. The molecule has 3 amide bonds. The fourth-order valence-electron chi connectivity index (χ4n) is 4.46. The van der Waals surface area contributed by atoms with Crippen LogP contribution in [0.25, 0.3) is 0 Å². The van der Waals surface area contributed by atoms with Gasteiger partial charge in [-0.2, -0.15) is 0 Å². The highest BCUT2D eigenvalue weighted by Gasteiger charge is 2.62. The molecule has 0 radical (unpaired) electrons. The normalized spacial score (nSPS) is 38.2. The van der Waals surface area contributed by atoms with Crippen LogP contribution in [-0.4, -0.2) is 28.7 Å². The summed E-state index contributed by atoms with van der Waals surface area (Å²) in [4.78, 5) is 37.9. The van der Waals surface area contributed by atoms with Crippen LogP contribution in [0.2, 0.25) is 0 Å². The smallest absolute Gasteiger partial charge is 0.240 e. The van der Waals surface area contributed by atoms with E-state index in [1.54, 1.807) is 0 Å². The van der Waals surface area contributed by atoms with Crippen molar-refractivity contribution in [1.29, 1.82) is 0 Å². The SMILES string of the molecule is CC(C)[C@@H](C(N)=O)N1C(=O)[C@@H]2[C@@H]3CC[C@@H](C3)[C@@H]2C1=O. The van der Waals surface area contributed by atoms with Crippen molar-refractivity contribution in [3.8, 4) is 0 Å². The van der Waals surface area contributed by atoms with Gasteiger partial charge in [0.15, 0.2) is 0 Å². The molecule has 2 N–H and O–H groups in total. The molecule has 0 aromatic heterocycles. The maximum absolute atomic E-state index is 12.5. The number of amides is 3. The number of primary amides is 1. The minimum absolute atomic E-state index is 0.137. The lowest BCUT2D eigenvalue weighted by Gasteiger charge is -2.28. The molecule has 5 nitrogen and oxygen atoms in total. The second-order valence-electron chi connectivity index (χ2n) is 6.52. The first-order valence-corrected chi connectivity index (χ1v) is 7.09. The Morgan fingerprint density at radius 2 is 1.63 bits per heavy atom. The van der Waals surface area contributed by atoms with E-state index in [0.29, 0.717) is 11.8 Å². The fourth-order valence-corrected chi connectivity index (χ4v) is 4.46. The van der Waals surface area contributed by atoms with E-state index in [4.69, 9.17) is 5.73 Å². The lowest BCUT2D eigenvalue weighted by molar-refractivity contribution is -0.149. The Kier molecular flexibility index (Phi) is 2.69. The van der Waals surface area contributed by atoms with Crippen LogP contribution in [0.4, 0.5) is 0 Å². The predicted octanol–water partition coefficient (Wildman–Crippen LogP) is 0.527. The minimum atomic E-state index is -0.787. The molecule has 2 aliphatic carbocycles. The molecule has 0 aromatic rings. The van der Waals surface area contributed by atoms with Gasteiger partial charge in [0.05, 0.1) is 11.8 Å². The Bertz CT molecular complexity index is 432. The molecule has 0 unspecified atom stereocenters. The second kappa shape index (κ2) is 4.05. The van der Waals surface area contributed by atoms with Gasteiger partial charge in [0.1, 0.15) is 6.04 Å². The number of likely N-dealkylation sites (tertiary alicyclic amines) is 1. The number of nitrogens with zero attached hydrogens (tertiary/aromatic N) is 1. The average Bonchev–Trinajstić information content (AvgIpc) is 2.97. The first-order chi connectivity index (χ1) is 8.93. The monoisotopic (exact) mass is 264 g/mol. The van der Waals surface area contributed by atoms with Gasteiger partial charge >= 0.3 is 0 Å². The number of hydrogen-bond donors (Lipinski definition) is 1. The molecule has 0 aromatic carbocycles. The van der Waals surface area contributed by atoms with Crippen molar-refractivity contribution in [2.24, 2.45) is 35.3 Å². The third-order valence-corrected chi connectivity index (χ3v) is 5.16. The van der Waals surface area contributed by atoms with Crippen molar-refractivity contribution in [2.45, 2.75) is 39.2 Å². The molecule has 3 aliphatic rings. The first-order valence-electron chi connectivity index (χ1n) is 7.09. The number of nitrogens with two attached hydrogens (primary N) is 1. The van der Waals surface area contributed by atoms with Crippen molar-refractivity contribution in [3.63, 3.8) is 0 Å². The zero-order valence-corrected chi connectivity index (χ0v) is 11.3. The highest BCUT2D eigenvalue weighted by atomic mass is 16.2. The van der Waals surface area contributed by atoms with Gasteiger partial charge in [-0.3, -0.25) is 19.3 Å². The highest BCUT2D eigenvalue weighted by molar-refractivity contribution is 6.09. The molecule has 19 heavy (non-hydrogen) atoms. The van der Waals surface area contributed by atoms with Crippen LogP contribution in [0.5, 0.6) is 0 Å². The molecule has 2 saturated carbocycles. The van der Waals surface area contributed by atoms with Crippen molar-refractivity contribution >= 4 is 17.7 Å². The van der Waals surface area contributed by atoms with Gasteiger partial charge in [0.2, 0.25) is 17.7 Å². The molecule has 5 heteroatoms. The Hall–Kier alpha value is -1.39. The minimum Gasteiger partial charge on any atom is -0.368 e. The summed E-state index contributed by atoms with van der Waals surface area (Å²) < 4.78 is 0. The summed E-state index contributed by atoms with van der Waals surface area (Å²) in [5.74, 6) is -0.682. The highest BCUT2D eigenvalue weighted by Crippen LogP contribution is 2.56. The van der Waals surface area contributed by atoms with E-state index in [2.05, 4.69) is 0 Å². The van der Waals surface area contributed by atoms with Crippen molar-refractivity contribution < 1.29 is 14.4 Å². The summed E-state index contributed by atoms with van der Waals surface area (Å²) in [5.41, 5.74) is 5.39. The van der Waals surface area contributed by atoms with E-state index in [9.17, 15) is 14.4 Å².